The molecule has 7 heterocycles. The number of urea groups is 1. The van der Waals surface area contributed by atoms with Crippen LogP contribution in [-0.4, -0.2) is 87.6 Å². The molecule has 2 aromatic carbocycles. The fraction of sp³-hybridized carbons (Fsp3) is 0.306. The van der Waals surface area contributed by atoms with Crippen molar-refractivity contribution >= 4 is 29.0 Å². The molecule has 0 aliphatic carbocycles. The van der Waals surface area contributed by atoms with Crippen LogP contribution in [-0.2, 0) is 4.74 Å². The summed E-state index contributed by atoms with van der Waals surface area (Å²) >= 11 is 0. The van der Waals surface area contributed by atoms with Crippen molar-refractivity contribution in [1.29, 1.82) is 0 Å². The van der Waals surface area contributed by atoms with Crippen LogP contribution in [0.4, 0.5) is 16.4 Å². The minimum atomic E-state index is -0.794. The maximum Gasteiger partial charge on any atom is 0.454 e. The Labute approximate surface area is 296 Å². The Morgan fingerprint density at radius 3 is 2.31 bits per heavy atom. The summed E-state index contributed by atoms with van der Waals surface area (Å²) in [6.45, 7) is 1.29. The molecular weight excluding hydrogens is 666 g/mol. The molecular formula is C36H35N11O5. The number of H-pyrrole nitrogens is 2. The van der Waals surface area contributed by atoms with Gasteiger partial charge < -0.3 is 25.1 Å². The number of imidazole rings is 2. The van der Waals surface area contributed by atoms with Crippen molar-refractivity contribution in [2.24, 2.45) is 5.92 Å². The van der Waals surface area contributed by atoms with Crippen LogP contribution in [0.25, 0.3) is 45.1 Å². The van der Waals surface area contributed by atoms with Gasteiger partial charge in [0.05, 0.1) is 48.0 Å². The summed E-state index contributed by atoms with van der Waals surface area (Å²) in [7, 11) is 0. The van der Waals surface area contributed by atoms with E-state index in [-0.39, 0.29) is 41.3 Å². The van der Waals surface area contributed by atoms with Crippen LogP contribution in [0.5, 0.6) is 5.75 Å². The number of hydrogen-bond donors (Lipinski definition) is 4. The van der Waals surface area contributed by atoms with Gasteiger partial charge in [-0.05, 0) is 73.9 Å². The number of amides is 2. The molecule has 4 N–H and O–H groups in total. The van der Waals surface area contributed by atoms with E-state index in [2.05, 4.69) is 30.2 Å². The molecule has 3 aliphatic heterocycles. The first kappa shape index (κ1) is 32.1. The number of anilines is 1. The molecule has 3 atom stereocenters. The van der Waals surface area contributed by atoms with Gasteiger partial charge in [0, 0.05) is 24.3 Å². The highest BCUT2D eigenvalue weighted by molar-refractivity contribution is 6.06. The molecule has 3 unspecified atom stereocenters. The summed E-state index contributed by atoms with van der Waals surface area (Å²) in [5.41, 5.74) is 3.71. The van der Waals surface area contributed by atoms with Crippen LogP contribution in [0.3, 0.4) is 0 Å². The number of aromatic amines is 2. The molecule has 0 saturated carbocycles. The standard InChI is InChI=1S/C36H35N11O5/c48-27-9-5-24(6-10-27)30-18-39-32-34(42-30)47(36(50)44-32,19-26-8-7-25(46(26)51)15-21-11-13-52-14-12-21)45-33-31(43-35(45)49)38-17-29(41-33)23-3-1-22(2-4-23)28-16-37-20-40-28/h1-6,9-10,16-18,20-21,25-26,48H,7-8,11-15,19H2,(H,37,40)(H,38,43,49)(H,39,44,50). The number of carbonyl (C=O) groups is 1. The maximum atomic E-state index is 14.5. The van der Waals surface area contributed by atoms with Gasteiger partial charge in [-0.25, -0.2) is 34.8 Å². The van der Waals surface area contributed by atoms with E-state index in [1.54, 1.807) is 30.9 Å². The number of quaternary nitrogens is 1. The summed E-state index contributed by atoms with van der Waals surface area (Å²) in [5.74, 6) is 0.796. The second kappa shape index (κ2) is 12.8. The lowest BCUT2D eigenvalue weighted by Gasteiger charge is -2.40. The fourth-order valence-corrected chi connectivity index (χ4v) is 7.78. The topological polar surface area (TPSA) is 203 Å². The average Bonchev–Trinajstić information content (AvgIpc) is 3.95. The normalized spacial score (nSPS) is 22.2. The highest BCUT2D eigenvalue weighted by Crippen LogP contribution is 2.41. The number of nitrogens with one attached hydrogen (secondary N) is 3. The SMILES string of the molecule is O=C1Nc2ncc(-c3ccc(O)cc3)nc2[N+]1(CC1CCC(CC2CCOCC2)N1[O-])n1c(=O)[nH]c2ncc(-c3ccc(-c4cnc[nH]4)cc3)nc21. The zero-order chi connectivity index (χ0) is 35.4. The molecule has 2 fully saturated rings. The Hall–Kier alpha value is -5.81. The van der Waals surface area contributed by atoms with Crippen LogP contribution < -0.4 is 15.6 Å². The third-order valence-electron chi connectivity index (χ3n) is 10.5. The van der Waals surface area contributed by atoms with Crippen LogP contribution in [0, 0.1) is 11.1 Å². The Morgan fingerprint density at radius 2 is 1.56 bits per heavy atom. The molecule has 264 valence electrons. The number of phenols is 1. The molecule has 2 saturated heterocycles. The molecule has 52 heavy (non-hydrogen) atoms. The Balaban J connectivity index is 1.16. The summed E-state index contributed by atoms with van der Waals surface area (Å²) in [4.78, 5) is 57.6. The summed E-state index contributed by atoms with van der Waals surface area (Å²) < 4.78 is 5.99. The third-order valence-corrected chi connectivity index (χ3v) is 10.5. The van der Waals surface area contributed by atoms with Crippen molar-refractivity contribution in [1.82, 2.24) is 49.2 Å². The molecule has 0 bridgehead atoms. The van der Waals surface area contributed by atoms with E-state index < -0.39 is 22.4 Å². The van der Waals surface area contributed by atoms with Crippen LogP contribution in [0.2, 0.25) is 0 Å². The first-order valence-corrected chi connectivity index (χ1v) is 17.3. The molecule has 0 spiro atoms. The number of aromatic hydroxyl groups is 1. The van der Waals surface area contributed by atoms with Crippen molar-refractivity contribution in [3.8, 4) is 39.5 Å². The summed E-state index contributed by atoms with van der Waals surface area (Å²) in [6.07, 6.45) is 10.2. The van der Waals surface area contributed by atoms with Crippen molar-refractivity contribution in [3.05, 3.63) is 89.1 Å². The lowest BCUT2D eigenvalue weighted by molar-refractivity contribution is 0.0556. The first-order chi connectivity index (χ1) is 25.4. The number of carbonyl (C=O) groups excluding carboxylic acids is 1. The van der Waals surface area contributed by atoms with Gasteiger partial charge in [-0.2, -0.15) is 4.98 Å². The van der Waals surface area contributed by atoms with Gasteiger partial charge in [0.2, 0.25) is 11.5 Å². The van der Waals surface area contributed by atoms with Crippen molar-refractivity contribution in [2.75, 3.05) is 25.1 Å². The van der Waals surface area contributed by atoms with Gasteiger partial charge in [0.25, 0.3) is 0 Å². The molecule has 6 aromatic rings. The van der Waals surface area contributed by atoms with Gasteiger partial charge in [-0.3, -0.25) is 4.98 Å². The van der Waals surface area contributed by atoms with E-state index in [0.717, 1.165) is 41.1 Å². The molecule has 9 rings (SSSR count). The minimum absolute atomic E-state index is 0.0857. The predicted octanol–water partition coefficient (Wildman–Crippen LogP) is 4.80. The van der Waals surface area contributed by atoms with E-state index in [1.807, 2.05) is 24.3 Å². The van der Waals surface area contributed by atoms with Crippen LogP contribution in [0.15, 0.2) is 78.2 Å². The Morgan fingerprint density at radius 1 is 0.865 bits per heavy atom. The summed E-state index contributed by atoms with van der Waals surface area (Å²) in [6, 6.07) is 12.6. The fourth-order valence-electron chi connectivity index (χ4n) is 7.78. The quantitative estimate of drug-likeness (QED) is 0.159. The number of phenolic OH excluding ortho intramolecular Hbond substituents is 1. The number of hydrogen-bond acceptors (Lipinski definition) is 11. The first-order valence-electron chi connectivity index (χ1n) is 17.3. The van der Waals surface area contributed by atoms with Crippen molar-refractivity contribution < 1.29 is 14.6 Å². The zero-order valence-corrected chi connectivity index (χ0v) is 28.0. The molecule has 2 amide bonds. The van der Waals surface area contributed by atoms with Gasteiger partial charge in [0.15, 0.2) is 5.65 Å². The number of nitrogens with zero attached hydrogens (tertiary/aromatic N) is 8. The van der Waals surface area contributed by atoms with E-state index >= 15 is 0 Å². The molecule has 0 radical (unpaired) electrons. The second-order valence-electron chi connectivity index (χ2n) is 13.6. The highest BCUT2D eigenvalue weighted by atomic mass is 16.5. The second-order valence-corrected chi connectivity index (χ2v) is 13.6. The van der Waals surface area contributed by atoms with E-state index in [4.69, 9.17) is 14.7 Å². The molecule has 3 aliphatic rings. The van der Waals surface area contributed by atoms with Gasteiger partial charge in [-0.15, -0.1) is 0 Å². The van der Waals surface area contributed by atoms with Crippen molar-refractivity contribution in [2.45, 2.75) is 44.2 Å². The van der Waals surface area contributed by atoms with E-state index in [9.17, 15) is 19.9 Å². The largest absolute Gasteiger partial charge is 0.785 e. The smallest absolute Gasteiger partial charge is 0.454 e. The Kier molecular flexibility index (Phi) is 7.88. The van der Waals surface area contributed by atoms with E-state index in [1.165, 1.54) is 23.0 Å². The summed E-state index contributed by atoms with van der Waals surface area (Å²) in [5, 5.41) is 27.9. The van der Waals surface area contributed by atoms with Crippen molar-refractivity contribution in [3.63, 3.8) is 0 Å². The maximum absolute atomic E-state index is 14.5. The molecule has 16 heteroatoms. The monoisotopic (exact) mass is 701 g/mol. The van der Waals surface area contributed by atoms with Gasteiger partial charge in [-0.1, -0.05) is 33.5 Å². The molecule has 4 aromatic heterocycles. The number of aromatic nitrogens is 8. The zero-order valence-electron chi connectivity index (χ0n) is 28.0. The van der Waals surface area contributed by atoms with Gasteiger partial charge in [0.1, 0.15) is 12.3 Å². The minimum Gasteiger partial charge on any atom is -0.785 e. The lowest BCUT2D eigenvalue weighted by Crippen LogP contribution is -2.64. The van der Waals surface area contributed by atoms with Crippen LogP contribution >= 0.6 is 0 Å². The number of rotatable bonds is 8. The predicted molar refractivity (Wildman–Crippen MR) is 192 cm³/mol. The van der Waals surface area contributed by atoms with Crippen LogP contribution in [0.1, 0.15) is 32.1 Å². The van der Waals surface area contributed by atoms with E-state index in [0.29, 0.717) is 48.9 Å². The number of benzene rings is 2. The third kappa shape index (κ3) is 5.43. The number of hydroxylamine groups is 2. The number of ether oxygens (including phenoxy) is 1. The van der Waals surface area contributed by atoms with Gasteiger partial charge >= 0.3 is 17.5 Å². The highest BCUT2D eigenvalue weighted by Gasteiger charge is 2.57. The Bertz CT molecular complexity index is 2320. The average molecular weight is 702 g/mol. The number of fused-ring (bicyclic) bond motifs is 2. The lowest BCUT2D eigenvalue weighted by atomic mass is 9.92. The molecule has 16 nitrogen and oxygen atoms in total.